The van der Waals surface area contributed by atoms with Gasteiger partial charge >= 0.3 is 0 Å². The van der Waals surface area contributed by atoms with Gasteiger partial charge in [0, 0.05) is 24.8 Å². The van der Waals surface area contributed by atoms with Crippen LogP contribution in [0.1, 0.15) is 24.4 Å². The zero-order chi connectivity index (χ0) is 13.1. The highest BCUT2D eigenvalue weighted by Crippen LogP contribution is 2.39. The van der Waals surface area contributed by atoms with Crippen molar-refractivity contribution >= 4 is 28.3 Å². The minimum atomic E-state index is -0.194. The summed E-state index contributed by atoms with van der Waals surface area (Å²) >= 11 is 3.32. The van der Waals surface area contributed by atoms with E-state index >= 15 is 0 Å². The second-order valence-corrected chi connectivity index (χ2v) is 5.38. The number of methoxy groups -OCH3 is 1. The van der Waals surface area contributed by atoms with Gasteiger partial charge in [-0.25, -0.2) is 0 Å². The fraction of sp³-hybridized carbons (Fsp3) is 0.538. The van der Waals surface area contributed by atoms with Gasteiger partial charge in [0.15, 0.2) is 0 Å². The maximum Gasteiger partial charge on any atom is 0.134 e. The van der Waals surface area contributed by atoms with Crippen molar-refractivity contribution in [3.63, 3.8) is 0 Å². The summed E-state index contributed by atoms with van der Waals surface area (Å²) in [4.78, 5) is 0. The first kappa shape index (κ1) is 16.6. The van der Waals surface area contributed by atoms with Gasteiger partial charge in [-0.05, 0) is 46.8 Å². The van der Waals surface area contributed by atoms with Gasteiger partial charge in [-0.1, -0.05) is 0 Å². The predicted octanol–water partition coefficient (Wildman–Crippen LogP) is 3.01. The SMILES string of the molecule is COc1cc(Br)c(O)c([C@H](N)C2CCOCC2)c1.Cl. The number of phenols is 1. The normalized spacial score (nSPS) is 17.6. The predicted molar refractivity (Wildman–Crippen MR) is 80.1 cm³/mol. The number of hydrogen-bond acceptors (Lipinski definition) is 4. The Morgan fingerprint density at radius 1 is 1.42 bits per heavy atom. The maximum atomic E-state index is 10.1. The monoisotopic (exact) mass is 351 g/mol. The largest absolute Gasteiger partial charge is 0.506 e. The number of ether oxygens (including phenoxy) is 2. The second kappa shape index (κ2) is 7.33. The van der Waals surface area contributed by atoms with Crippen LogP contribution in [-0.4, -0.2) is 25.4 Å². The van der Waals surface area contributed by atoms with E-state index in [1.165, 1.54) is 0 Å². The van der Waals surface area contributed by atoms with Crippen LogP contribution in [0.2, 0.25) is 0 Å². The molecule has 4 nitrogen and oxygen atoms in total. The van der Waals surface area contributed by atoms with Gasteiger partial charge in [0.2, 0.25) is 0 Å². The van der Waals surface area contributed by atoms with Crippen molar-refractivity contribution in [2.45, 2.75) is 18.9 Å². The molecule has 0 aromatic heterocycles. The molecule has 0 radical (unpaired) electrons. The van der Waals surface area contributed by atoms with E-state index in [2.05, 4.69) is 15.9 Å². The van der Waals surface area contributed by atoms with Crippen molar-refractivity contribution in [2.75, 3.05) is 20.3 Å². The summed E-state index contributed by atoms with van der Waals surface area (Å²) in [6.07, 6.45) is 1.85. The maximum absolute atomic E-state index is 10.1. The van der Waals surface area contributed by atoms with Crippen molar-refractivity contribution in [3.8, 4) is 11.5 Å². The summed E-state index contributed by atoms with van der Waals surface area (Å²) in [5, 5.41) is 10.1. The summed E-state index contributed by atoms with van der Waals surface area (Å²) in [6, 6.07) is 3.34. The van der Waals surface area contributed by atoms with Crippen LogP contribution < -0.4 is 10.5 Å². The molecule has 0 saturated carbocycles. The van der Waals surface area contributed by atoms with Gasteiger partial charge in [-0.15, -0.1) is 12.4 Å². The first-order chi connectivity index (χ1) is 8.63. The van der Waals surface area contributed by atoms with Crippen molar-refractivity contribution < 1.29 is 14.6 Å². The van der Waals surface area contributed by atoms with E-state index in [9.17, 15) is 5.11 Å². The van der Waals surface area contributed by atoms with Gasteiger partial charge in [-0.2, -0.15) is 0 Å². The average Bonchev–Trinajstić information content (AvgIpc) is 2.42. The molecule has 2 rings (SSSR count). The number of aromatic hydroxyl groups is 1. The Balaban J connectivity index is 0.00000180. The molecule has 1 aliphatic heterocycles. The molecule has 0 bridgehead atoms. The quantitative estimate of drug-likeness (QED) is 0.877. The van der Waals surface area contributed by atoms with Gasteiger partial charge in [0.25, 0.3) is 0 Å². The van der Waals surface area contributed by atoms with Crippen LogP contribution in [0.15, 0.2) is 16.6 Å². The summed E-state index contributed by atoms with van der Waals surface area (Å²) in [7, 11) is 1.60. The summed E-state index contributed by atoms with van der Waals surface area (Å²) in [6.45, 7) is 1.48. The highest BCUT2D eigenvalue weighted by Gasteiger charge is 2.25. The van der Waals surface area contributed by atoms with Crippen molar-refractivity contribution in [1.29, 1.82) is 0 Å². The molecule has 3 N–H and O–H groups in total. The zero-order valence-corrected chi connectivity index (χ0v) is 13.2. The molecule has 1 fully saturated rings. The summed E-state index contributed by atoms with van der Waals surface area (Å²) in [5.41, 5.74) is 7.00. The molecule has 0 amide bonds. The van der Waals surface area contributed by atoms with E-state index in [0.29, 0.717) is 16.1 Å². The molecular weight excluding hydrogens is 334 g/mol. The number of benzene rings is 1. The number of halogens is 2. The Labute approximate surface area is 127 Å². The van der Waals surface area contributed by atoms with Gasteiger partial charge < -0.3 is 20.3 Å². The molecule has 1 saturated heterocycles. The minimum Gasteiger partial charge on any atom is -0.506 e. The Morgan fingerprint density at radius 3 is 2.63 bits per heavy atom. The topological polar surface area (TPSA) is 64.7 Å². The molecule has 0 spiro atoms. The van der Waals surface area contributed by atoms with Crippen molar-refractivity contribution in [3.05, 3.63) is 22.2 Å². The summed E-state index contributed by atoms with van der Waals surface area (Å²) < 4.78 is 11.1. The van der Waals surface area contributed by atoms with Gasteiger partial charge in [0.1, 0.15) is 11.5 Å². The highest BCUT2D eigenvalue weighted by atomic mass is 79.9. The molecule has 0 aliphatic carbocycles. The van der Waals surface area contributed by atoms with E-state index < -0.39 is 0 Å². The lowest BCUT2D eigenvalue weighted by atomic mass is 9.87. The number of nitrogens with two attached hydrogens (primary N) is 1. The molecule has 108 valence electrons. The van der Waals surface area contributed by atoms with E-state index in [-0.39, 0.29) is 24.2 Å². The Bertz CT molecular complexity index is 425. The molecule has 1 heterocycles. The first-order valence-corrected chi connectivity index (χ1v) is 6.82. The van der Waals surface area contributed by atoms with E-state index in [1.807, 2.05) is 0 Å². The standard InChI is InChI=1S/C13H18BrNO3.ClH/c1-17-9-6-10(13(16)11(14)7-9)12(15)8-2-4-18-5-3-8;/h6-8,12,16H,2-5,15H2,1H3;1H/t12-;/m1./s1. The van der Waals surface area contributed by atoms with E-state index in [0.717, 1.165) is 31.6 Å². The van der Waals surface area contributed by atoms with Gasteiger partial charge in [0.05, 0.1) is 11.6 Å². The highest BCUT2D eigenvalue weighted by molar-refractivity contribution is 9.10. The second-order valence-electron chi connectivity index (χ2n) is 4.52. The van der Waals surface area contributed by atoms with Crippen LogP contribution in [0.3, 0.4) is 0 Å². The van der Waals surface area contributed by atoms with E-state index in [4.69, 9.17) is 15.2 Å². The Morgan fingerprint density at radius 2 is 2.05 bits per heavy atom. The lowest BCUT2D eigenvalue weighted by Crippen LogP contribution is -2.27. The van der Waals surface area contributed by atoms with Crippen LogP contribution in [0.5, 0.6) is 11.5 Å². The molecule has 1 aromatic rings. The first-order valence-electron chi connectivity index (χ1n) is 6.03. The third-order valence-electron chi connectivity index (χ3n) is 3.44. The van der Waals surface area contributed by atoms with Crippen molar-refractivity contribution in [1.82, 2.24) is 0 Å². The van der Waals surface area contributed by atoms with Crippen molar-refractivity contribution in [2.24, 2.45) is 11.7 Å². The molecule has 1 atom stereocenters. The lowest BCUT2D eigenvalue weighted by Gasteiger charge is -2.28. The Hall–Kier alpha value is -0.490. The van der Waals surface area contributed by atoms with Crippen LogP contribution in [0.25, 0.3) is 0 Å². The molecule has 0 unspecified atom stereocenters. The molecular formula is C13H19BrClNO3. The van der Waals surface area contributed by atoms with Crippen LogP contribution in [0, 0.1) is 5.92 Å². The smallest absolute Gasteiger partial charge is 0.134 e. The van der Waals surface area contributed by atoms with Crippen LogP contribution >= 0.6 is 28.3 Å². The fourth-order valence-electron chi connectivity index (χ4n) is 2.30. The lowest BCUT2D eigenvalue weighted by molar-refractivity contribution is 0.0581. The number of rotatable bonds is 3. The number of phenolic OH excluding ortho intramolecular Hbond substituents is 1. The third-order valence-corrected chi connectivity index (χ3v) is 4.04. The molecule has 1 aliphatic rings. The Kier molecular flexibility index (Phi) is 6.39. The molecule has 1 aromatic carbocycles. The summed E-state index contributed by atoms with van der Waals surface area (Å²) in [5.74, 6) is 1.23. The molecule has 19 heavy (non-hydrogen) atoms. The van der Waals surface area contributed by atoms with Gasteiger partial charge in [-0.3, -0.25) is 0 Å². The fourth-order valence-corrected chi connectivity index (χ4v) is 2.75. The van der Waals surface area contributed by atoms with Crippen LogP contribution in [0.4, 0.5) is 0 Å². The molecule has 6 heteroatoms. The average molecular weight is 353 g/mol. The minimum absolute atomic E-state index is 0. The van der Waals surface area contributed by atoms with E-state index in [1.54, 1.807) is 19.2 Å². The van der Waals surface area contributed by atoms with Crippen LogP contribution in [-0.2, 0) is 4.74 Å². The third kappa shape index (κ3) is 3.75. The number of hydrogen-bond donors (Lipinski definition) is 2. The zero-order valence-electron chi connectivity index (χ0n) is 10.8.